The van der Waals surface area contributed by atoms with Gasteiger partial charge in [-0.2, -0.15) is 0 Å². The number of rotatable bonds is 11. The van der Waals surface area contributed by atoms with Crippen LogP contribution in [-0.2, 0) is 18.9 Å². The van der Waals surface area contributed by atoms with Crippen LogP contribution < -0.4 is 0 Å². The van der Waals surface area contributed by atoms with Crippen LogP contribution in [0.3, 0.4) is 0 Å². The predicted octanol–water partition coefficient (Wildman–Crippen LogP) is -1.23. The Morgan fingerprint density at radius 1 is 0.647 bits per heavy atom. The van der Waals surface area contributed by atoms with E-state index in [1.165, 1.54) is 38.5 Å². The van der Waals surface area contributed by atoms with Gasteiger partial charge in [0.15, 0.2) is 12.6 Å². The van der Waals surface area contributed by atoms with E-state index in [0.717, 1.165) is 25.2 Å². The molecule has 0 unspecified atom stereocenters. The van der Waals surface area contributed by atoms with Gasteiger partial charge < -0.3 is 54.7 Å². The second kappa shape index (κ2) is 13.8. The summed E-state index contributed by atoms with van der Waals surface area (Å²) in [7, 11) is 0. The fourth-order valence-corrected chi connectivity index (χ4v) is 5.08. The molecule has 2 aliphatic heterocycles. The second-order valence-corrected chi connectivity index (χ2v) is 9.73. The Hall–Kier alpha value is -0.440. The van der Waals surface area contributed by atoms with Crippen molar-refractivity contribution in [3.05, 3.63) is 0 Å². The van der Waals surface area contributed by atoms with Gasteiger partial charge in [-0.3, -0.25) is 0 Å². The molecule has 34 heavy (non-hydrogen) atoms. The molecule has 0 spiro atoms. The molecule has 0 aromatic carbocycles. The molecular weight excluding hydrogens is 452 g/mol. The summed E-state index contributed by atoms with van der Waals surface area (Å²) in [5, 5.41) is 70.2. The topological polar surface area (TPSA) is 179 Å². The molecule has 10 atom stereocenters. The van der Waals surface area contributed by atoms with Crippen molar-refractivity contribution in [1.29, 1.82) is 0 Å². The molecule has 1 aliphatic carbocycles. The number of aliphatic hydroxyl groups is 7. The summed E-state index contributed by atoms with van der Waals surface area (Å²) < 4.78 is 22.1. The van der Waals surface area contributed by atoms with Gasteiger partial charge in [0.05, 0.1) is 13.2 Å². The van der Waals surface area contributed by atoms with Crippen molar-refractivity contribution in [3.63, 3.8) is 0 Å². The number of unbranched alkanes of at least 4 members (excludes halogenated alkanes) is 2. The predicted molar refractivity (Wildman–Crippen MR) is 117 cm³/mol. The molecule has 0 aromatic heterocycles. The van der Waals surface area contributed by atoms with E-state index in [2.05, 4.69) is 0 Å². The highest BCUT2D eigenvalue weighted by Crippen LogP contribution is 2.30. The third-order valence-electron chi connectivity index (χ3n) is 7.22. The monoisotopic (exact) mass is 494 g/mol. The van der Waals surface area contributed by atoms with E-state index in [9.17, 15) is 35.7 Å². The Bertz CT molecular complexity index is 571. The smallest absolute Gasteiger partial charge is 0.187 e. The average molecular weight is 495 g/mol. The van der Waals surface area contributed by atoms with Gasteiger partial charge in [-0.1, -0.05) is 51.4 Å². The minimum atomic E-state index is -1.69. The van der Waals surface area contributed by atoms with E-state index in [0.29, 0.717) is 6.61 Å². The van der Waals surface area contributed by atoms with Crippen molar-refractivity contribution in [3.8, 4) is 0 Å². The Balaban J connectivity index is 1.45. The van der Waals surface area contributed by atoms with Crippen molar-refractivity contribution < 1.29 is 54.7 Å². The summed E-state index contributed by atoms with van der Waals surface area (Å²) in [5.41, 5.74) is 0. The molecule has 2 saturated heterocycles. The lowest BCUT2D eigenvalue weighted by molar-refractivity contribution is -0.359. The summed E-state index contributed by atoms with van der Waals surface area (Å²) in [6.45, 7) is -0.889. The fourth-order valence-electron chi connectivity index (χ4n) is 5.08. The van der Waals surface area contributed by atoms with Gasteiger partial charge >= 0.3 is 0 Å². The van der Waals surface area contributed by atoms with Crippen molar-refractivity contribution in [2.24, 2.45) is 5.92 Å². The first kappa shape index (κ1) is 28.1. The highest BCUT2D eigenvalue weighted by Gasteiger charge is 2.50. The summed E-state index contributed by atoms with van der Waals surface area (Å²) in [6, 6.07) is 0. The van der Waals surface area contributed by atoms with Crippen LogP contribution in [-0.4, -0.2) is 117 Å². The maximum absolute atomic E-state index is 10.6. The zero-order chi connectivity index (χ0) is 24.7. The zero-order valence-corrected chi connectivity index (χ0v) is 19.6. The van der Waals surface area contributed by atoms with Gasteiger partial charge in [-0.25, -0.2) is 0 Å². The largest absolute Gasteiger partial charge is 0.394 e. The van der Waals surface area contributed by atoms with Crippen molar-refractivity contribution >= 4 is 0 Å². The molecule has 2 heterocycles. The van der Waals surface area contributed by atoms with Gasteiger partial charge in [0.2, 0.25) is 0 Å². The molecule has 7 N–H and O–H groups in total. The maximum atomic E-state index is 10.6. The Labute approximate surface area is 200 Å². The fraction of sp³-hybridized carbons (Fsp3) is 1.00. The van der Waals surface area contributed by atoms with Crippen LogP contribution in [0, 0.1) is 5.92 Å². The Kier molecular flexibility index (Phi) is 11.4. The molecule has 0 bridgehead atoms. The highest BCUT2D eigenvalue weighted by atomic mass is 16.7. The van der Waals surface area contributed by atoms with Crippen LogP contribution in [0.1, 0.15) is 57.8 Å². The molecule has 0 radical (unpaired) electrons. The van der Waals surface area contributed by atoms with E-state index in [1.807, 2.05) is 0 Å². The minimum absolute atomic E-state index is 0.329. The lowest BCUT2D eigenvalue weighted by Crippen LogP contribution is -2.64. The van der Waals surface area contributed by atoms with Crippen LogP contribution in [0.2, 0.25) is 0 Å². The molecule has 3 rings (SSSR count). The molecule has 200 valence electrons. The first-order valence-electron chi connectivity index (χ1n) is 12.6. The minimum Gasteiger partial charge on any atom is -0.394 e. The van der Waals surface area contributed by atoms with E-state index in [-0.39, 0.29) is 0 Å². The molecular formula is C23H42O11. The van der Waals surface area contributed by atoms with Crippen molar-refractivity contribution in [2.45, 2.75) is 119 Å². The standard InChI is InChI=1S/C23H42O11/c24-11-14-16(26)17(27)19(29)23(32-14)34-21-15(12-25)33-22(20(30)18(21)28)31-10-6-2-5-9-13-7-3-1-4-8-13/h13-30H,1-12H2/t14-,15+,16-,17+,18-,19+,20+,21+,22-,23+/m1/s1. The normalized spacial score (nSPS) is 42.1. The first-order chi connectivity index (χ1) is 16.4. The quantitative estimate of drug-likeness (QED) is 0.171. The third-order valence-corrected chi connectivity index (χ3v) is 7.22. The van der Waals surface area contributed by atoms with Gasteiger partial charge in [-0.05, 0) is 12.3 Å². The van der Waals surface area contributed by atoms with Crippen LogP contribution in [0.15, 0.2) is 0 Å². The van der Waals surface area contributed by atoms with E-state index >= 15 is 0 Å². The summed E-state index contributed by atoms with van der Waals surface area (Å²) >= 11 is 0. The van der Waals surface area contributed by atoms with E-state index < -0.39 is 74.6 Å². The lowest BCUT2D eigenvalue weighted by atomic mass is 9.86. The van der Waals surface area contributed by atoms with Crippen LogP contribution in [0.5, 0.6) is 0 Å². The lowest BCUT2D eigenvalue weighted by Gasteiger charge is -2.45. The van der Waals surface area contributed by atoms with Gasteiger partial charge in [0.1, 0.15) is 48.8 Å². The van der Waals surface area contributed by atoms with Crippen LogP contribution in [0.25, 0.3) is 0 Å². The molecule has 0 amide bonds. The second-order valence-electron chi connectivity index (χ2n) is 9.73. The number of ether oxygens (including phenoxy) is 4. The van der Waals surface area contributed by atoms with Crippen molar-refractivity contribution in [2.75, 3.05) is 19.8 Å². The maximum Gasteiger partial charge on any atom is 0.187 e. The summed E-state index contributed by atoms with van der Waals surface area (Å²) in [6.07, 6.45) is -3.49. The highest BCUT2D eigenvalue weighted by molar-refractivity contribution is 4.94. The van der Waals surface area contributed by atoms with Gasteiger partial charge in [-0.15, -0.1) is 0 Å². The molecule has 11 heteroatoms. The number of hydrogen-bond donors (Lipinski definition) is 7. The molecule has 11 nitrogen and oxygen atoms in total. The van der Waals surface area contributed by atoms with E-state index in [1.54, 1.807) is 0 Å². The Morgan fingerprint density at radius 3 is 1.97 bits per heavy atom. The molecule has 3 aliphatic rings. The van der Waals surface area contributed by atoms with Crippen LogP contribution >= 0.6 is 0 Å². The van der Waals surface area contributed by atoms with Gasteiger partial charge in [0, 0.05) is 6.61 Å². The van der Waals surface area contributed by atoms with Gasteiger partial charge in [0.25, 0.3) is 0 Å². The SMILES string of the molecule is OC[C@@H]1O[C@@H](OCCCCCC2CCCCC2)[C@@H](O)[C@@H](O)[C@H]1O[C@@H]1O[C@H](CO)[C@@H](O)[C@H](O)[C@@H]1O. The first-order valence-corrected chi connectivity index (χ1v) is 12.6. The molecule has 3 fully saturated rings. The number of aliphatic hydroxyl groups excluding tert-OH is 7. The van der Waals surface area contributed by atoms with E-state index in [4.69, 9.17) is 18.9 Å². The summed E-state index contributed by atoms with van der Waals surface area (Å²) in [5.74, 6) is 0.833. The number of hydrogen-bond acceptors (Lipinski definition) is 11. The summed E-state index contributed by atoms with van der Waals surface area (Å²) in [4.78, 5) is 0. The average Bonchev–Trinajstić information content (AvgIpc) is 2.85. The molecule has 0 aromatic rings. The van der Waals surface area contributed by atoms with Crippen molar-refractivity contribution in [1.82, 2.24) is 0 Å². The Morgan fingerprint density at radius 2 is 1.29 bits per heavy atom. The third kappa shape index (κ3) is 7.07. The van der Waals surface area contributed by atoms with Crippen LogP contribution in [0.4, 0.5) is 0 Å². The zero-order valence-electron chi connectivity index (χ0n) is 19.6. The molecule has 1 saturated carbocycles.